The molecule has 0 fully saturated rings. The summed E-state index contributed by atoms with van der Waals surface area (Å²) < 4.78 is 4.15. The first kappa shape index (κ1) is 24.7. The van der Waals surface area contributed by atoms with Crippen LogP contribution in [0.1, 0.15) is 11.4 Å². The quantitative estimate of drug-likeness (QED) is 0.184. The molecule has 0 spiro atoms. The first-order chi connectivity index (χ1) is 19.4. The second-order valence-corrected chi connectivity index (χ2v) is 9.69. The zero-order valence-corrected chi connectivity index (χ0v) is 21.3. The number of nitro groups is 2. The van der Waals surface area contributed by atoms with Crippen LogP contribution in [0.2, 0.25) is 0 Å². The number of para-hydroxylation sites is 1. The van der Waals surface area contributed by atoms with E-state index in [0.29, 0.717) is 35.9 Å². The smallest absolute Gasteiger partial charge is 0.269 e. The van der Waals surface area contributed by atoms with Crippen LogP contribution in [0.25, 0.3) is 21.6 Å². The Morgan fingerprint density at radius 1 is 0.725 bits per heavy atom. The average Bonchev–Trinajstić information content (AvgIpc) is 3.73. The van der Waals surface area contributed by atoms with E-state index in [9.17, 15) is 20.2 Å². The molecule has 0 saturated carbocycles. The Morgan fingerprint density at radius 3 is 1.70 bits per heavy atom. The molecule has 3 heterocycles. The molecule has 0 bridgehead atoms. The molecule has 0 amide bonds. The summed E-state index contributed by atoms with van der Waals surface area (Å²) in [4.78, 5) is 27.8. The van der Waals surface area contributed by atoms with Crippen LogP contribution in [0.3, 0.4) is 0 Å². The summed E-state index contributed by atoms with van der Waals surface area (Å²) in [7, 11) is 0. The van der Waals surface area contributed by atoms with E-state index in [2.05, 4.69) is 20.6 Å². The molecule has 6 rings (SSSR count). The number of fused-ring (bicyclic) bond motifs is 1. The summed E-state index contributed by atoms with van der Waals surface area (Å²) in [5, 5.41) is 39.7. The van der Waals surface area contributed by atoms with Crippen LogP contribution in [0.5, 0.6) is 0 Å². The van der Waals surface area contributed by atoms with Gasteiger partial charge in [0.05, 0.1) is 56.9 Å². The monoisotopic (exact) mass is 554 g/mol. The molecule has 3 aromatic heterocycles. The normalized spacial score (nSPS) is 11.1. The molecular weight excluding hydrogens is 536 g/mol. The predicted octanol–water partition coefficient (Wildman–Crippen LogP) is 4.48. The third kappa shape index (κ3) is 5.08. The second kappa shape index (κ2) is 10.3. The van der Waals surface area contributed by atoms with Crippen LogP contribution in [-0.2, 0) is 13.1 Å². The maximum atomic E-state index is 11.0. The Labute approximate surface area is 229 Å². The SMILES string of the molecule is O=[N+]([O-])c1ccc(-n2cc(CN(Cc3cn(-c4ccc([N+](=O)[O-])cc4)nn3)c3nc4ccccc4s3)nn2)cc1. The number of hydrogen-bond acceptors (Lipinski definition) is 11. The third-order valence-corrected chi connectivity index (χ3v) is 7.09. The lowest BCUT2D eigenvalue weighted by Gasteiger charge is -2.19. The first-order valence-electron chi connectivity index (χ1n) is 11.9. The number of non-ortho nitro benzene ring substituents is 2. The van der Waals surface area contributed by atoms with Crippen molar-refractivity contribution in [2.75, 3.05) is 4.90 Å². The summed E-state index contributed by atoms with van der Waals surface area (Å²) in [6, 6.07) is 19.9. The molecular formula is C25H18N10O4S. The molecule has 0 N–H and O–H groups in total. The molecule has 0 radical (unpaired) electrons. The molecule has 6 aromatic rings. The highest BCUT2D eigenvalue weighted by Crippen LogP contribution is 2.30. The maximum absolute atomic E-state index is 11.0. The molecule has 15 heteroatoms. The van der Waals surface area contributed by atoms with Crippen molar-refractivity contribution < 1.29 is 9.85 Å². The van der Waals surface area contributed by atoms with Gasteiger partial charge in [0.25, 0.3) is 11.4 Å². The number of hydrogen-bond donors (Lipinski definition) is 0. The van der Waals surface area contributed by atoms with Crippen molar-refractivity contribution in [2.24, 2.45) is 0 Å². The molecule has 3 aromatic carbocycles. The van der Waals surface area contributed by atoms with Gasteiger partial charge >= 0.3 is 0 Å². The van der Waals surface area contributed by atoms with Crippen LogP contribution in [0, 0.1) is 20.2 Å². The lowest BCUT2D eigenvalue weighted by molar-refractivity contribution is -0.385. The zero-order chi connectivity index (χ0) is 27.6. The van der Waals surface area contributed by atoms with Crippen LogP contribution in [-0.4, -0.2) is 44.8 Å². The van der Waals surface area contributed by atoms with E-state index in [0.717, 1.165) is 15.3 Å². The van der Waals surface area contributed by atoms with E-state index in [1.54, 1.807) is 46.0 Å². The molecule has 0 aliphatic carbocycles. The summed E-state index contributed by atoms with van der Waals surface area (Å²) in [6.45, 7) is 0.717. The van der Waals surface area contributed by atoms with Crippen LogP contribution in [0.4, 0.5) is 16.5 Å². The van der Waals surface area contributed by atoms with Crippen molar-refractivity contribution in [3.8, 4) is 11.4 Å². The van der Waals surface area contributed by atoms with Gasteiger partial charge in [-0.25, -0.2) is 14.3 Å². The molecule has 14 nitrogen and oxygen atoms in total. The summed E-state index contributed by atoms with van der Waals surface area (Å²) in [5.41, 5.74) is 3.45. The van der Waals surface area contributed by atoms with Gasteiger partial charge in [-0.3, -0.25) is 20.2 Å². The largest absolute Gasteiger partial charge is 0.336 e. The minimum atomic E-state index is -0.454. The fourth-order valence-electron chi connectivity index (χ4n) is 4.03. The highest BCUT2D eigenvalue weighted by molar-refractivity contribution is 7.22. The van der Waals surface area contributed by atoms with Crippen LogP contribution in [0.15, 0.2) is 85.2 Å². The van der Waals surface area contributed by atoms with Gasteiger partial charge in [-0.2, -0.15) is 0 Å². The Morgan fingerprint density at radius 2 is 1.23 bits per heavy atom. The Kier molecular flexibility index (Phi) is 6.37. The summed E-state index contributed by atoms with van der Waals surface area (Å²) in [6.07, 6.45) is 3.52. The van der Waals surface area contributed by atoms with Crippen molar-refractivity contribution in [3.05, 3.63) is 117 Å². The van der Waals surface area contributed by atoms with Gasteiger partial charge in [0.1, 0.15) is 11.4 Å². The Balaban J connectivity index is 1.27. The van der Waals surface area contributed by atoms with E-state index < -0.39 is 9.85 Å². The highest BCUT2D eigenvalue weighted by atomic mass is 32.1. The van der Waals surface area contributed by atoms with Gasteiger partial charge in [-0.1, -0.05) is 33.9 Å². The number of benzene rings is 3. The number of anilines is 1. The van der Waals surface area contributed by atoms with Gasteiger partial charge in [-0.15, -0.1) is 10.2 Å². The molecule has 0 unspecified atom stereocenters. The molecule has 0 aliphatic rings. The molecule has 0 atom stereocenters. The first-order valence-corrected chi connectivity index (χ1v) is 12.7. The van der Waals surface area contributed by atoms with Crippen LogP contribution < -0.4 is 4.90 Å². The number of aromatic nitrogens is 7. The average molecular weight is 555 g/mol. The Hall–Kier alpha value is -5.57. The fraction of sp³-hybridized carbons (Fsp3) is 0.0800. The number of rotatable bonds is 9. The standard InChI is InChI=1S/C25H18N10O4S/c36-34(37)21-9-5-19(6-10-21)32-15-17(27-29-32)13-31(25-26-23-3-1-2-4-24(23)40-25)14-18-16-33(30-28-18)20-7-11-22(12-8-20)35(38)39/h1-12,15-16H,13-14H2. The van der Waals surface area contributed by atoms with E-state index in [1.807, 2.05) is 29.2 Å². The van der Waals surface area contributed by atoms with Crippen molar-refractivity contribution in [1.29, 1.82) is 0 Å². The lowest BCUT2D eigenvalue weighted by Crippen LogP contribution is -2.22. The third-order valence-electron chi connectivity index (χ3n) is 5.99. The number of nitrogens with zero attached hydrogens (tertiary/aromatic N) is 10. The van der Waals surface area contributed by atoms with Crippen molar-refractivity contribution in [3.63, 3.8) is 0 Å². The topological polar surface area (TPSA) is 164 Å². The molecule has 0 aliphatic heterocycles. The van der Waals surface area contributed by atoms with Crippen LogP contribution >= 0.6 is 11.3 Å². The highest BCUT2D eigenvalue weighted by Gasteiger charge is 2.18. The lowest BCUT2D eigenvalue weighted by atomic mass is 10.3. The zero-order valence-electron chi connectivity index (χ0n) is 20.5. The van der Waals surface area contributed by atoms with Gasteiger partial charge < -0.3 is 4.90 Å². The second-order valence-electron chi connectivity index (χ2n) is 8.68. The van der Waals surface area contributed by atoms with Crippen molar-refractivity contribution >= 4 is 38.1 Å². The summed E-state index contributed by atoms with van der Waals surface area (Å²) in [5.74, 6) is 0. The molecule has 40 heavy (non-hydrogen) atoms. The van der Waals surface area contributed by atoms with Gasteiger partial charge in [-0.05, 0) is 36.4 Å². The van der Waals surface area contributed by atoms with Crippen molar-refractivity contribution in [2.45, 2.75) is 13.1 Å². The summed E-state index contributed by atoms with van der Waals surface area (Å²) >= 11 is 1.54. The van der Waals surface area contributed by atoms with Crippen molar-refractivity contribution in [1.82, 2.24) is 35.0 Å². The van der Waals surface area contributed by atoms with Gasteiger partial charge in [0, 0.05) is 24.3 Å². The number of nitro benzene ring substituents is 2. The maximum Gasteiger partial charge on any atom is 0.269 e. The fourth-order valence-corrected chi connectivity index (χ4v) is 4.99. The minimum absolute atomic E-state index is 0.00660. The molecule has 0 saturated heterocycles. The predicted molar refractivity (Wildman–Crippen MR) is 146 cm³/mol. The molecule has 198 valence electrons. The Bertz CT molecular complexity index is 1700. The van der Waals surface area contributed by atoms with E-state index in [4.69, 9.17) is 4.98 Å². The van der Waals surface area contributed by atoms with E-state index in [1.165, 1.54) is 35.6 Å². The van der Waals surface area contributed by atoms with E-state index >= 15 is 0 Å². The minimum Gasteiger partial charge on any atom is -0.336 e. The van der Waals surface area contributed by atoms with Gasteiger partial charge in [0.15, 0.2) is 5.13 Å². The van der Waals surface area contributed by atoms with Gasteiger partial charge in [0.2, 0.25) is 0 Å². The number of thiazole rings is 1. The van der Waals surface area contributed by atoms with E-state index in [-0.39, 0.29) is 11.4 Å².